The van der Waals surface area contributed by atoms with E-state index in [-0.39, 0.29) is 0 Å². The number of aryl methyl sites for hydroxylation is 1. The molecule has 0 aliphatic carbocycles. The quantitative estimate of drug-likeness (QED) is 0.550. The summed E-state index contributed by atoms with van der Waals surface area (Å²) in [7, 11) is 1.87. The highest BCUT2D eigenvalue weighted by atomic mass is 15.3. The van der Waals surface area contributed by atoms with Crippen molar-refractivity contribution in [2.24, 2.45) is 4.99 Å². The minimum Gasteiger partial charge on any atom is -0.368 e. The number of hydrogen-bond donors (Lipinski definition) is 1. The number of rotatable bonds is 4. The Balaban J connectivity index is 1.30. The lowest BCUT2D eigenvalue weighted by atomic mass is 10.1. The Hall–Kier alpha value is -3.02. The highest BCUT2D eigenvalue weighted by molar-refractivity contribution is 5.80. The van der Waals surface area contributed by atoms with Crippen LogP contribution in [0.2, 0.25) is 0 Å². The standard InChI is InChI=1S/C23H30N6/c1-18-7-6-8-21(19(18)2)27-13-15-28(16-14-27)23(24-3)25-11-10-20-17-29-12-5-4-9-22(29)26-20/h4-9,12,17H,10-11,13-16H2,1-3H3,(H,24,25). The number of nitrogens with one attached hydrogen (secondary N) is 1. The number of imidazole rings is 1. The van der Waals surface area contributed by atoms with Gasteiger partial charge in [-0.2, -0.15) is 0 Å². The Morgan fingerprint density at radius 2 is 1.90 bits per heavy atom. The second-order valence-electron chi connectivity index (χ2n) is 7.62. The molecule has 1 fully saturated rings. The third-order valence-electron chi connectivity index (χ3n) is 5.79. The van der Waals surface area contributed by atoms with Gasteiger partial charge in [0.05, 0.1) is 5.69 Å². The maximum absolute atomic E-state index is 4.67. The van der Waals surface area contributed by atoms with Crippen LogP contribution in [0.1, 0.15) is 16.8 Å². The van der Waals surface area contributed by atoms with E-state index in [4.69, 9.17) is 0 Å². The number of piperazine rings is 1. The zero-order chi connectivity index (χ0) is 20.2. The minimum atomic E-state index is 0.827. The number of nitrogens with zero attached hydrogens (tertiary/aromatic N) is 5. The van der Waals surface area contributed by atoms with Gasteiger partial charge in [0.15, 0.2) is 5.96 Å². The van der Waals surface area contributed by atoms with Crippen molar-refractivity contribution in [2.45, 2.75) is 20.3 Å². The van der Waals surface area contributed by atoms with E-state index in [9.17, 15) is 0 Å². The number of hydrogen-bond acceptors (Lipinski definition) is 3. The van der Waals surface area contributed by atoms with Gasteiger partial charge in [0.25, 0.3) is 0 Å². The number of pyridine rings is 1. The van der Waals surface area contributed by atoms with Crippen molar-refractivity contribution < 1.29 is 0 Å². The van der Waals surface area contributed by atoms with Gasteiger partial charge < -0.3 is 19.5 Å². The molecule has 1 aliphatic heterocycles. The second kappa shape index (κ2) is 8.55. The van der Waals surface area contributed by atoms with Crippen LogP contribution in [-0.2, 0) is 6.42 Å². The molecule has 1 saturated heterocycles. The van der Waals surface area contributed by atoms with Gasteiger partial charge in [0, 0.05) is 64.3 Å². The number of anilines is 1. The van der Waals surface area contributed by atoms with Gasteiger partial charge in [-0.25, -0.2) is 4.98 Å². The van der Waals surface area contributed by atoms with Crippen molar-refractivity contribution in [3.8, 4) is 0 Å². The van der Waals surface area contributed by atoms with E-state index in [2.05, 4.69) is 67.7 Å². The van der Waals surface area contributed by atoms with Crippen molar-refractivity contribution in [3.05, 3.63) is 65.6 Å². The fourth-order valence-corrected chi connectivity index (χ4v) is 3.98. The molecule has 1 aromatic carbocycles. The molecule has 0 amide bonds. The van der Waals surface area contributed by atoms with Crippen molar-refractivity contribution in [1.82, 2.24) is 19.6 Å². The van der Waals surface area contributed by atoms with Gasteiger partial charge in [0.1, 0.15) is 5.65 Å². The Bertz CT molecular complexity index is 965. The molecule has 4 rings (SSSR count). The first-order valence-electron chi connectivity index (χ1n) is 10.3. The summed E-state index contributed by atoms with van der Waals surface area (Å²) in [5.41, 5.74) is 6.19. The molecule has 1 N–H and O–H groups in total. The van der Waals surface area contributed by atoms with Gasteiger partial charge in [-0.1, -0.05) is 18.2 Å². The van der Waals surface area contributed by atoms with Crippen molar-refractivity contribution in [2.75, 3.05) is 44.7 Å². The van der Waals surface area contributed by atoms with E-state index >= 15 is 0 Å². The maximum atomic E-state index is 4.67. The first kappa shape index (κ1) is 19.3. The molecule has 0 spiro atoms. The molecule has 2 aromatic heterocycles. The predicted octanol–water partition coefficient (Wildman–Crippen LogP) is 2.89. The van der Waals surface area contributed by atoms with Crippen LogP contribution >= 0.6 is 0 Å². The molecule has 29 heavy (non-hydrogen) atoms. The van der Waals surface area contributed by atoms with Crippen LogP contribution in [0.4, 0.5) is 5.69 Å². The summed E-state index contributed by atoms with van der Waals surface area (Å²) < 4.78 is 2.07. The van der Waals surface area contributed by atoms with E-state index in [1.54, 1.807) is 0 Å². The van der Waals surface area contributed by atoms with E-state index in [1.165, 1.54) is 16.8 Å². The summed E-state index contributed by atoms with van der Waals surface area (Å²) in [4.78, 5) is 14.0. The average molecular weight is 391 g/mol. The lowest BCUT2D eigenvalue weighted by Crippen LogP contribution is -2.53. The molecule has 0 unspecified atom stereocenters. The summed E-state index contributed by atoms with van der Waals surface area (Å²) in [5, 5.41) is 3.52. The predicted molar refractivity (Wildman–Crippen MR) is 120 cm³/mol. The van der Waals surface area contributed by atoms with Crippen molar-refractivity contribution in [3.63, 3.8) is 0 Å². The minimum absolute atomic E-state index is 0.827. The Morgan fingerprint density at radius 1 is 1.07 bits per heavy atom. The molecule has 1 aliphatic rings. The fourth-order valence-electron chi connectivity index (χ4n) is 3.98. The van der Waals surface area contributed by atoms with Gasteiger partial charge in [-0.05, 0) is 43.2 Å². The highest BCUT2D eigenvalue weighted by Gasteiger charge is 2.21. The third kappa shape index (κ3) is 4.21. The summed E-state index contributed by atoms with van der Waals surface area (Å²) >= 11 is 0. The molecule has 0 radical (unpaired) electrons. The van der Waals surface area contributed by atoms with Crippen LogP contribution in [0.15, 0.2) is 53.8 Å². The van der Waals surface area contributed by atoms with Crippen LogP contribution in [0.5, 0.6) is 0 Å². The average Bonchev–Trinajstić information content (AvgIpc) is 3.16. The monoisotopic (exact) mass is 390 g/mol. The summed E-state index contributed by atoms with van der Waals surface area (Å²) in [6.07, 6.45) is 5.01. The Morgan fingerprint density at radius 3 is 2.66 bits per heavy atom. The van der Waals surface area contributed by atoms with Gasteiger partial charge in [-0.15, -0.1) is 0 Å². The van der Waals surface area contributed by atoms with Crippen LogP contribution < -0.4 is 10.2 Å². The van der Waals surface area contributed by atoms with E-state index in [1.807, 2.05) is 31.4 Å². The smallest absolute Gasteiger partial charge is 0.193 e. The highest BCUT2D eigenvalue weighted by Crippen LogP contribution is 2.23. The van der Waals surface area contributed by atoms with Gasteiger partial charge >= 0.3 is 0 Å². The van der Waals surface area contributed by atoms with Crippen molar-refractivity contribution >= 4 is 17.3 Å². The summed E-state index contributed by atoms with van der Waals surface area (Å²) in [6.45, 7) is 9.20. The topological polar surface area (TPSA) is 48.2 Å². The van der Waals surface area contributed by atoms with Gasteiger partial charge in [0.2, 0.25) is 0 Å². The lowest BCUT2D eigenvalue weighted by molar-refractivity contribution is 0.372. The lowest BCUT2D eigenvalue weighted by Gasteiger charge is -2.38. The van der Waals surface area contributed by atoms with E-state index in [0.29, 0.717) is 0 Å². The molecule has 152 valence electrons. The number of benzene rings is 1. The first-order valence-corrected chi connectivity index (χ1v) is 10.3. The molecule has 0 saturated carbocycles. The van der Waals surface area contributed by atoms with Crippen LogP contribution in [0.25, 0.3) is 5.65 Å². The number of guanidine groups is 1. The molecule has 0 atom stereocenters. The second-order valence-corrected chi connectivity index (χ2v) is 7.62. The third-order valence-corrected chi connectivity index (χ3v) is 5.79. The SMILES string of the molecule is CN=C(NCCc1cn2ccccc2n1)N1CCN(c2cccc(C)c2C)CC1. The first-order chi connectivity index (χ1) is 14.2. The number of aromatic nitrogens is 2. The largest absolute Gasteiger partial charge is 0.368 e. The number of fused-ring (bicyclic) bond motifs is 1. The number of aliphatic imine (C=N–C) groups is 1. The maximum Gasteiger partial charge on any atom is 0.193 e. The molecule has 0 bridgehead atoms. The Kier molecular flexibility index (Phi) is 5.69. The molecular weight excluding hydrogens is 360 g/mol. The van der Waals surface area contributed by atoms with Crippen molar-refractivity contribution in [1.29, 1.82) is 0 Å². The van der Waals surface area contributed by atoms with Crippen LogP contribution in [-0.4, -0.2) is 60.0 Å². The molecule has 3 heterocycles. The van der Waals surface area contributed by atoms with E-state index < -0.39 is 0 Å². The molecular formula is C23H30N6. The van der Waals surface area contributed by atoms with Crippen LogP contribution in [0, 0.1) is 13.8 Å². The summed E-state index contributed by atoms with van der Waals surface area (Å²) in [6, 6.07) is 12.7. The summed E-state index contributed by atoms with van der Waals surface area (Å²) in [5.74, 6) is 0.981. The normalized spacial score (nSPS) is 15.2. The molecule has 6 nitrogen and oxygen atoms in total. The van der Waals surface area contributed by atoms with Crippen LogP contribution in [0.3, 0.4) is 0 Å². The Labute approximate surface area is 172 Å². The fraction of sp³-hybridized carbons (Fsp3) is 0.391. The molecule has 6 heteroatoms. The van der Waals surface area contributed by atoms with E-state index in [0.717, 1.165) is 56.4 Å². The van der Waals surface area contributed by atoms with Gasteiger partial charge in [-0.3, -0.25) is 4.99 Å². The zero-order valence-electron chi connectivity index (χ0n) is 17.6. The zero-order valence-corrected chi connectivity index (χ0v) is 17.6. The molecule has 3 aromatic rings.